The Labute approximate surface area is 355 Å². The van der Waals surface area contributed by atoms with Crippen LogP contribution >= 0.6 is 0 Å². The zero-order chi connectivity index (χ0) is 50.0. The van der Waals surface area contributed by atoms with Crippen molar-refractivity contribution in [3.05, 3.63) is 0 Å². The average Bonchev–Trinajstić information content (AvgIpc) is 3.18. The maximum absolute atomic E-state index is 14.4. The largest absolute Gasteiger partial charge is 0.459 e. The zero-order valence-corrected chi connectivity index (χ0v) is 36.4. The lowest BCUT2D eigenvalue weighted by molar-refractivity contribution is -0.317. The van der Waals surface area contributed by atoms with E-state index in [0.29, 0.717) is 6.42 Å². The number of carbonyl (C=O) groups is 1. The van der Waals surface area contributed by atoms with Crippen molar-refractivity contribution in [2.45, 2.75) is 179 Å². The van der Waals surface area contributed by atoms with Gasteiger partial charge in [0, 0.05) is 44.4 Å². The minimum Gasteiger partial charge on any atom is -0.459 e. The quantitative estimate of drug-likeness (QED) is 0.0778. The van der Waals surface area contributed by atoms with E-state index >= 15 is 0 Å². The van der Waals surface area contributed by atoms with E-state index in [4.69, 9.17) is 47.6 Å². The van der Waals surface area contributed by atoms with Gasteiger partial charge >= 0.3 is 5.97 Å². The normalized spacial score (nSPS) is 48.3. The lowest BCUT2D eigenvalue weighted by atomic mass is 9.73. The predicted octanol–water partition coefficient (Wildman–Crippen LogP) is 2.21. The van der Waals surface area contributed by atoms with E-state index in [9.17, 15) is 30.3 Å². The molecule has 0 radical (unpaired) electrons. The molecule has 18 atom stereocenters. The summed E-state index contributed by atoms with van der Waals surface area (Å²) in [7, 11) is 1.73. The fraction of sp³-hybridized carbons (Fsp3) is 0.951. The second-order valence-electron chi connectivity index (χ2n) is 17.3. The Bertz CT molecular complexity index is 1580. The summed E-state index contributed by atoms with van der Waals surface area (Å²) in [5.41, 5.74) is -5.27. The number of likely N-dealkylation sites (N-methyl/N-ethyl adjacent to an activating group) is 1. The molecule has 340 valence electrons. The molecular formula is C41H76N2O15. The molecule has 3 rings (SSSR count). The molecule has 0 aromatic heterocycles. The lowest BCUT2D eigenvalue weighted by Crippen LogP contribution is -2.61. The van der Waals surface area contributed by atoms with Gasteiger partial charge in [-0.25, -0.2) is 0 Å². The average molecular weight is 844 g/mol. The van der Waals surface area contributed by atoms with E-state index in [1.54, 1.807) is 55.6 Å². The molecular weight excluding hydrogens is 760 g/mol. The number of oxime groups is 1. The molecule has 5 N–H and O–H groups in total. The summed E-state index contributed by atoms with van der Waals surface area (Å²) < 4.78 is 100.0. The molecule has 3 aliphatic rings. The smallest absolute Gasteiger partial charge is 0.311 e. The molecule has 3 aliphatic heterocycles. The van der Waals surface area contributed by atoms with E-state index < -0.39 is 141 Å². The molecule has 17 heteroatoms. The second-order valence-corrected chi connectivity index (χ2v) is 17.3. The number of hydrogen-bond donors (Lipinski definition) is 5. The lowest BCUT2D eigenvalue weighted by Gasteiger charge is -2.49. The van der Waals surface area contributed by atoms with Crippen LogP contribution in [0, 0.1) is 23.7 Å². The van der Waals surface area contributed by atoms with Crippen LogP contribution in [0.2, 0.25) is 0 Å². The van der Waals surface area contributed by atoms with Crippen molar-refractivity contribution < 1.29 is 82.7 Å². The number of hydrogen-bond acceptors (Lipinski definition) is 17. The van der Waals surface area contributed by atoms with Gasteiger partial charge in [0.1, 0.15) is 23.9 Å². The van der Waals surface area contributed by atoms with E-state index in [1.807, 2.05) is 11.8 Å². The fourth-order valence-electron chi connectivity index (χ4n) is 8.80. The molecule has 17 nitrogen and oxygen atoms in total. The van der Waals surface area contributed by atoms with Crippen molar-refractivity contribution in [2.24, 2.45) is 28.8 Å². The first-order chi connectivity index (χ1) is 29.6. The third-order valence-electron chi connectivity index (χ3n) is 12.3. The van der Waals surface area contributed by atoms with Gasteiger partial charge in [-0.1, -0.05) is 32.9 Å². The van der Waals surface area contributed by atoms with Crippen LogP contribution in [-0.2, 0) is 47.5 Å². The standard InChI is InChI=1S/C41H76N2O15/c1-15-29-41(10,49)34(45)24(4)31(42-53-21-52-17-16-50-13)22(2)19-39(8,48)36(58-38-32(44)28(43(11)12)18-23(3)54-38)25(5)33(26(6)37(47)56-29)57-30-20-40(9,51-14)35(46)27(7)55-30/h22-30,32-36,38,44-46,48-49H,15-21H2,1-14H3/b42-31+/t22-,23?,24+,25+,26-,27?,28?,29?,30?,32?,33?,34-,35?,36-,38?,39-,40?,41-/m0/s1/i13D3,16D2,17D2. The number of aliphatic hydroxyl groups is 5. The van der Waals surface area contributed by atoms with E-state index in [2.05, 4.69) is 9.89 Å². The van der Waals surface area contributed by atoms with Crippen molar-refractivity contribution >= 4 is 11.7 Å². The number of esters is 1. The topological polar surface area (TPSA) is 217 Å². The number of methoxy groups -OCH3 is 2. The summed E-state index contributed by atoms with van der Waals surface area (Å²) in [4.78, 5) is 21.6. The number of cyclic esters (lactones) is 1. The predicted molar refractivity (Wildman–Crippen MR) is 212 cm³/mol. The van der Waals surface area contributed by atoms with Crippen LogP contribution in [0.3, 0.4) is 0 Å². The molecule has 3 fully saturated rings. The third kappa shape index (κ3) is 12.1. The van der Waals surface area contributed by atoms with E-state index in [0.717, 1.165) is 0 Å². The molecule has 0 amide bonds. The summed E-state index contributed by atoms with van der Waals surface area (Å²) >= 11 is 0. The Kier molecular flexibility index (Phi) is 15.0. The molecule has 0 spiro atoms. The summed E-state index contributed by atoms with van der Waals surface area (Å²) in [5.74, 6) is -5.04. The van der Waals surface area contributed by atoms with Gasteiger partial charge in [-0.3, -0.25) is 4.79 Å². The monoisotopic (exact) mass is 844 g/mol. The highest BCUT2D eigenvalue weighted by Crippen LogP contribution is 2.41. The van der Waals surface area contributed by atoms with Gasteiger partial charge in [-0.15, -0.1) is 0 Å². The maximum atomic E-state index is 14.4. The van der Waals surface area contributed by atoms with Crippen molar-refractivity contribution in [3.63, 3.8) is 0 Å². The molecule has 58 heavy (non-hydrogen) atoms. The molecule has 10 unspecified atom stereocenters. The summed E-state index contributed by atoms with van der Waals surface area (Å²) in [6, 6.07) is -0.418. The Hall–Kier alpha value is -1.58. The van der Waals surface area contributed by atoms with Crippen molar-refractivity contribution in [1.82, 2.24) is 4.90 Å². The van der Waals surface area contributed by atoms with Crippen LogP contribution in [0.4, 0.5) is 0 Å². The van der Waals surface area contributed by atoms with Crippen molar-refractivity contribution in [2.75, 3.05) is 48.2 Å². The zero-order valence-electron chi connectivity index (χ0n) is 43.4. The van der Waals surface area contributed by atoms with Gasteiger partial charge in [0.25, 0.3) is 0 Å². The highest BCUT2D eigenvalue weighted by molar-refractivity contribution is 5.88. The number of rotatable bonds is 13. The van der Waals surface area contributed by atoms with E-state index in [1.165, 1.54) is 27.9 Å². The SMILES string of the molecule is [2H]C([2H])([2H])OC([2H])([2H])C([2H])([2H])OCO/N=C1/[C@@H](C)[C@H](O)[C@@](C)(O)C(CC)OC(=O)[C@@H](C)C(OC2CC(C)(OC)C(O)C(C)O2)[C@@H](C)[C@H](OC2OC(C)CC(N(C)C)C2O)[C@@](C)(O)C[C@@H]1C. The summed E-state index contributed by atoms with van der Waals surface area (Å²) in [6.07, 6.45) is -11.2. The van der Waals surface area contributed by atoms with Gasteiger partial charge in [0.05, 0.1) is 76.1 Å². The van der Waals surface area contributed by atoms with Crippen LogP contribution in [-0.4, -0.2) is 175 Å². The van der Waals surface area contributed by atoms with Gasteiger partial charge < -0.3 is 73.2 Å². The number of aliphatic hydroxyl groups excluding tert-OH is 3. The first-order valence-corrected chi connectivity index (χ1v) is 20.1. The third-order valence-corrected chi connectivity index (χ3v) is 12.3. The molecule has 0 aromatic rings. The number of carbonyl (C=O) groups excluding carboxylic acids is 1. The van der Waals surface area contributed by atoms with Crippen molar-refractivity contribution in [3.8, 4) is 0 Å². The van der Waals surface area contributed by atoms with Crippen LogP contribution in [0.15, 0.2) is 5.16 Å². The maximum Gasteiger partial charge on any atom is 0.311 e. The molecule has 0 bridgehead atoms. The highest BCUT2D eigenvalue weighted by Gasteiger charge is 2.53. The first kappa shape index (κ1) is 40.5. The highest BCUT2D eigenvalue weighted by atomic mass is 16.7. The van der Waals surface area contributed by atoms with Crippen LogP contribution in [0.5, 0.6) is 0 Å². The Morgan fingerprint density at radius 3 is 2.24 bits per heavy atom. The van der Waals surface area contributed by atoms with Gasteiger partial charge in [0.2, 0.25) is 6.79 Å². The molecule has 0 aromatic carbocycles. The number of nitrogens with zero attached hydrogens (tertiary/aromatic N) is 2. The molecule has 3 heterocycles. The van der Waals surface area contributed by atoms with Crippen LogP contribution < -0.4 is 0 Å². The van der Waals surface area contributed by atoms with Gasteiger partial charge in [-0.05, 0) is 74.9 Å². The molecule has 0 saturated carbocycles. The second kappa shape index (κ2) is 21.5. The van der Waals surface area contributed by atoms with Gasteiger partial charge in [0.15, 0.2) is 12.6 Å². The molecule has 0 aliphatic carbocycles. The Balaban J connectivity index is 2.22. The van der Waals surface area contributed by atoms with Crippen LogP contribution in [0.25, 0.3) is 0 Å². The van der Waals surface area contributed by atoms with Crippen molar-refractivity contribution in [1.29, 1.82) is 0 Å². The van der Waals surface area contributed by atoms with E-state index in [-0.39, 0.29) is 25.0 Å². The summed E-state index contributed by atoms with van der Waals surface area (Å²) in [6.45, 7) is 7.94. The Morgan fingerprint density at radius 1 is 0.966 bits per heavy atom. The fourth-order valence-corrected chi connectivity index (χ4v) is 8.80. The Morgan fingerprint density at radius 2 is 1.64 bits per heavy atom. The van der Waals surface area contributed by atoms with Crippen LogP contribution in [0.1, 0.15) is 105 Å². The first-order valence-electron chi connectivity index (χ1n) is 23.6. The minimum atomic E-state index is -3.48. The minimum absolute atomic E-state index is 0.0178. The van der Waals surface area contributed by atoms with Gasteiger partial charge in [-0.2, -0.15) is 0 Å². The summed E-state index contributed by atoms with van der Waals surface area (Å²) in [5, 5.41) is 63.5. The number of ether oxygens (including phenoxy) is 8. The molecule has 3 saturated heterocycles.